The number of tetrazole rings is 1. The first-order chi connectivity index (χ1) is 5.66. The average molecular weight is 234 g/mol. The molecular formula is C5H8N4Na2O2S. The van der Waals surface area contributed by atoms with Crippen molar-refractivity contribution in [2.75, 3.05) is 0 Å². The summed E-state index contributed by atoms with van der Waals surface area (Å²) in [5, 5.41) is 18.0. The third kappa shape index (κ3) is 4.09. The number of aliphatic carboxylic acids is 1. The molecule has 0 fully saturated rings. The van der Waals surface area contributed by atoms with Crippen LogP contribution in [0.5, 0.6) is 0 Å². The van der Waals surface area contributed by atoms with Gasteiger partial charge in [0.2, 0.25) is 4.77 Å². The van der Waals surface area contributed by atoms with Gasteiger partial charge >= 0.3 is 5.97 Å². The molecule has 0 aromatic carbocycles. The van der Waals surface area contributed by atoms with Crippen molar-refractivity contribution >= 4 is 77.3 Å². The fraction of sp³-hybridized carbons (Fsp3) is 0.600. The Hall–Kier alpha value is 0.760. The Bertz CT molecular complexity index is 338. The van der Waals surface area contributed by atoms with E-state index >= 15 is 0 Å². The van der Waals surface area contributed by atoms with Crippen LogP contribution < -0.4 is 0 Å². The predicted molar refractivity (Wildman–Crippen MR) is 53.7 cm³/mol. The number of carboxylic acid groups (broad SMARTS) is 1. The number of nitrogens with one attached hydrogen (secondary N) is 1. The molecule has 0 saturated carbocycles. The van der Waals surface area contributed by atoms with Crippen molar-refractivity contribution in [3.63, 3.8) is 0 Å². The minimum Gasteiger partial charge on any atom is -0.480 e. The van der Waals surface area contributed by atoms with Gasteiger partial charge in [-0.3, -0.25) is 0 Å². The number of aromatic nitrogens is 4. The van der Waals surface area contributed by atoms with Gasteiger partial charge in [0.05, 0.1) is 0 Å². The number of H-pyrrole nitrogens is 1. The molecule has 68 valence electrons. The van der Waals surface area contributed by atoms with Crippen LogP contribution in [0.25, 0.3) is 0 Å². The van der Waals surface area contributed by atoms with Gasteiger partial charge in [-0.1, -0.05) is 17.2 Å². The van der Waals surface area contributed by atoms with E-state index < -0.39 is 12.0 Å². The van der Waals surface area contributed by atoms with Crippen LogP contribution in [0.15, 0.2) is 0 Å². The number of hydrogen-bond donors (Lipinski definition) is 2. The predicted octanol–water partition coefficient (Wildman–Crippen LogP) is -0.390. The van der Waals surface area contributed by atoms with Crippen LogP contribution in [-0.4, -0.2) is 90.4 Å². The maximum Gasteiger partial charge on any atom is 0.328 e. The Labute approximate surface area is 130 Å². The summed E-state index contributed by atoms with van der Waals surface area (Å²) in [5.41, 5.74) is 0. The van der Waals surface area contributed by atoms with Crippen molar-refractivity contribution in [2.24, 2.45) is 0 Å². The van der Waals surface area contributed by atoms with Crippen molar-refractivity contribution in [2.45, 2.75) is 19.4 Å². The first kappa shape index (κ1) is 17.2. The molecule has 0 saturated heterocycles. The molecule has 1 aromatic rings. The van der Waals surface area contributed by atoms with E-state index in [1.54, 1.807) is 6.92 Å². The van der Waals surface area contributed by atoms with Gasteiger partial charge in [-0.25, -0.2) is 9.48 Å². The minimum absolute atomic E-state index is 0. The van der Waals surface area contributed by atoms with Gasteiger partial charge in [0.15, 0.2) is 6.04 Å². The van der Waals surface area contributed by atoms with E-state index in [2.05, 4.69) is 15.5 Å². The number of rotatable bonds is 3. The first-order valence-corrected chi connectivity index (χ1v) is 3.80. The normalized spacial score (nSPS) is 10.9. The second-order valence-corrected chi connectivity index (χ2v) is 2.58. The fourth-order valence-corrected chi connectivity index (χ4v) is 1.08. The minimum atomic E-state index is -0.945. The smallest absolute Gasteiger partial charge is 0.328 e. The second-order valence-electron chi connectivity index (χ2n) is 2.21. The molecule has 1 rings (SSSR count). The molecular weight excluding hydrogens is 226 g/mol. The van der Waals surface area contributed by atoms with Gasteiger partial charge in [-0.15, -0.1) is 0 Å². The van der Waals surface area contributed by atoms with Gasteiger partial charge in [-0.2, -0.15) is 5.21 Å². The number of nitrogens with zero attached hydrogens (tertiary/aromatic N) is 3. The number of carboxylic acids is 1. The topological polar surface area (TPSA) is 83.8 Å². The Balaban J connectivity index is 0. The first-order valence-electron chi connectivity index (χ1n) is 3.39. The molecule has 0 amide bonds. The van der Waals surface area contributed by atoms with Crippen molar-refractivity contribution in [1.82, 2.24) is 20.2 Å². The van der Waals surface area contributed by atoms with Gasteiger partial charge in [0.25, 0.3) is 0 Å². The molecule has 2 N–H and O–H groups in total. The van der Waals surface area contributed by atoms with E-state index in [1.807, 2.05) is 0 Å². The molecule has 1 heterocycles. The van der Waals surface area contributed by atoms with Crippen molar-refractivity contribution in [3.05, 3.63) is 4.77 Å². The molecule has 0 bridgehead atoms. The quantitative estimate of drug-likeness (QED) is 0.549. The summed E-state index contributed by atoms with van der Waals surface area (Å²) in [4.78, 5) is 10.6. The molecule has 0 aliphatic heterocycles. The fourth-order valence-electron chi connectivity index (χ4n) is 0.875. The Kier molecular flexibility index (Phi) is 9.78. The third-order valence-electron chi connectivity index (χ3n) is 1.48. The maximum absolute atomic E-state index is 10.6. The molecule has 2 radical (unpaired) electrons. The third-order valence-corrected chi connectivity index (χ3v) is 1.76. The average Bonchev–Trinajstić information content (AvgIpc) is 2.38. The SMILES string of the molecule is CCC(C(=O)O)n1[nH]nnc1=S.[Na].[Na]. The molecule has 0 aliphatic carbocycles. The van der Waals surface area contributed by atoms with Crippen LogP contribution in [0.2, 0.25) is 0 Å². The Morgan fingerprint density at radius 1 is 1.71 bits per heavy atom. The molecule has 0 spiro atoms. The van der Waals surface area contributed by atoms with E-state index in [9.17, 15) is 4.79 Å². The number of carbonyl (C=O) groups is 1. The van der Waals surface area contributed by atoms with Crippen LogP contribution in [0.3, 0.4) is 0 Å². The zero-order valence-electron chi connectivity index (χ0n) is 8.39. The zero-order valence-corrected chi connectivity index (χ0v) is 13.2. The van der Waals surface area contributed by atoms with E-state index in [0.29, 0.717) is 6.42 Å². The van der Waals surface area contributed by atoms with E-state index in [-0.39, 0.29) is 63.9 Å². The van der Waals surface area contributed by atoms with Crippen LogP contribution in [0, 0.1) is 4.77 Å². The van der Waals surface area contributed by atoms with E-state index in [4.69, 9.17) is 17.3 Å². The summed E-state index contributed by atoms with van der Waals surface area (Å²) < 4.78 is 1.40. The maximum atomic E-state index is 10.6. The van der Waals surface area contributed by atoms with E-state index in [0.717, 1.165) is 0 Å². The molecule has 1 atom stereocenters. The summed E-state index contributed by atoms with van der Waals surface area (Å²) >= 11 is 4.74. The number of aromatic amines is 1. The summed E-state index contributed by atoms with van der Waals surface area (Å²) in [5.74, 6) is -0.945. The van der Waals surface area contributed by atoms with Crippen molar-refractivity contribution in [3.8, 4) is 0 Å². The van der Waals surface area contributed by atoms with Crippen molar-refractivity contribution in [1.29, 1.82) is 0 Å². The molecule has 0 aliphatic rings. The Morgan fingerprint density at radius 2 is 2.29 bits per heavy atom. The van der Waals surface area contributed by atoms with Gasteiger partial charge in [0, 0.05) is 59.1 Å². The van der Waals surface area contributed by atoms with Crippen LogP contribution >= 0.6 is 12.2 Å². The van der Waals surface area contributed by atoms with Crippen LogP contribution in [-0.2, 0) is 4.79 Å². The van der Waals surface area contributed by atoms with Crippen LogP contribution in [0.4, 0.5) is 0 Å². The van der Waals surface area contributed by atoms with Crippen LogP contribution in [0.1, 0.15) is 19.4 Å². The largest absolute Gasteiger partial charge is 0.480 e. The Morgan fingerprint density at radius 3 is 2.57 bits per heavy atom. The molecule has 14 heavy (non-hydrogen) atoms. The van der Waals surface area contributed by atoms with E-state index in [1.165, 1.54) is 4.68 Å². The summed E-state index contributed by atoms with van der Waals surface area (Å²) in [6.45, 7) is 1.75. The van der Waals surface area contributed by atoms with Gasteiger partial charge in [-0.05, 0) is 18.6 Å². The molecule has 1 aromatic heterocycles. The summed E-state index contributed by atoms with van der Waals surface area (Å²) in [6, 6.07) is -0.701. The van der Waals surface area contributed by atoms with Crippen molar-refractivity contribution < 1.29 is 9.90 Å². The zero-order chi connectivity index (χ0) is 9.14. The monoisotopic (exact) mass is 234 g/mol. The molecule has 1 unspecified atom stereocenters. The summed E-state index contributed by atoms with van der Waals surface area (Å²) in [7, 11) is 0. The standard InChI is InChI=1S/C5H8N4O2S.2Na/c1-2-3(4(10)11)9-5(12)6-7-8-9;;/h3H,2H2,1H3,(H,10,11)(H,6,8,12);;. The number of hydrogen-bond acceptors (Lipinski definition) is 4. The molecule has 9 heteroatoms. The second kappa shape index (κ2) is 7.98. The van der Waals surface area contributed by atoms with Gasteiger partial charge in [0.1, 0.15) is 0 Å². The summed E-state index contributed by atoms with van der Waals surface area (Å²) in [6.07, 6.45) is 0.438. The van der Waals surface area contributed by atoms with Gasteiger partial charge < -0.3 is 5.11 Å². The molecule has 6 nitrogen and oxygen atoms in total.